The van der Waals surface area contributed by atoms with Crippen LogP contribution >= 0.6 is 11.8 Å². The average molecular weight is 218 g/mol. The van der Waals surface area contributed by atoms with Crippen LogP contribution in [0.4, 0.5) is 0 Å². The monoisotopic (exact) mass is 218 g/mol. The molecule has 86 valence electrons. The van der Waals surface area contributed by atoms with E-state index in [1.165, 1.54) is 12.8 Å². The summed E-state index contributed by atoms with van der Waals surface area (Å²) in [6, 6.07) is 0. The van der Waals surface area contributed by atoms with Crippen LogP contribution in [0.3, 0.4) is 0 Å². The maximum Gasteiger partial charge on any atom is 0.0729 e. The molecule has 0 heterocycles. The second-order valence-electron chi connectivity index (χ2n) is 5.57. The lowest BCUT2D eigenvalue weighted by Gasteiger charge is -2.38. The summed E-state index contributed by atoms with van der Waals surface area (Å²) in [5.41, 5.74) is -0.0251. The maximum atomic E-state index is 10.2. The summed E-state index contributed by atoms with van der Waals surface area (Å²) < 4.78 is -0.0343. The van der Waals surface area contributed by atoms with Crippen molar-refractivity contribution in [3.05, 3.63) is 0 Å². The minimum atomic E-state index is -0.253. The molecule has 0 unspecified atom stereocenters. The van der Waals surface area contributed by atoms with Gasteiger partial charge >= 0.3 is 0 Å². The highest BCUT2D eigenvalue weighted by atomic mass is 32.2. The van der Waals surface area contributed by atoms with Gasteiger partial charge in [-0.1, -0.05) is 34.1 Å². The Labute approximate surface area is 93.7 Å². The lowest BCUT2D eigenvalue weighted by molar-refractivity contribution is 0.0382. The molecule has 0 aliphatic rings. The quantitative estimate of drug-likeness (QED) is 0.710. The van der Waals surface area contributed by atoms with Crippen molar-refractivity contribution in [3.63, 3.8) is 0 Å². The Morgan fingerprint density at radius 3 is 2.00 bits per heavy atom. The second-order valence-corrected chi connectivity index (χ2v) is 7.32. The van der Waals surface area contributed by atoms with E-state index in [-0.39, 0.29) is 16.3 Å². The Morgan fingerprint density at radius 1 is 1.14 bits per heavy atom. The number of aliphatic hydroxyl groups excluding tert-OH is 1. The van der Waals surface area contributed by atoms with Crippen LogP contribution in [0.15, 0.2) is 0 Å². The van der Waals surface area contributed by atoms with Crippen LogP contribution in [0, 0.1) is 5.41 Å². The molecule has 0 saturated heterocycles. The van der Waals surface area contributed by atoms with E-state index in [0.717, 1.165) is 5.75 Å². The highest BCUT2D eigenvalue weighted by Gasteiger charge is 2.36. The molecule has 0 aliphatic heterocycles. The summed E-state index contributed by atoms with van der Waals surface area (Å²) in [7, 11) is 0. The largest absolute Gasteiger partial charge is 0.391 e. The minimum absolute atomic E-state index is 0.0251. The Bertz CT molecular complexity index is 158. The van der Waals surface area contributed by atoms with Crippen LogP contribution in [0.25, 0.3) is 0 Å². The fourth-order valence-electron chi connectivity index (χ4n) is 1.60. The van der Waals surface area contributed by atoms with E-state index >= 15 is 0 Å². The molecular weight excluding hydrogens is 192 g/mol. The summed E-state index contributed by atoms with van der Waals surface area (Å²) in [6.45, 7) is 12.8. The summed E-state index contributed by atoms with van der Waals surface area (Å²) in [4.78, 5) is 0. The second kappa shape index (κ2) is 5.41. The molecule has 0 saturated carbocycles. The van der Waals surface area contributed by atoms with Crippen molar-refractivity contribution in [1.82, 2.24) is 0 Å². The topological polar surface area (TPSA) is 20.2 Å². The Balaban J connectivity index is 4.16. The smallest absolute Gasteiger partial charge is 0.0729 e. The molecule has 2 heteroatoms. The summed E-state index contributed by atoms with van der Waals surface area (Å²) in [6.07, 6.45) is 2.22. The number of thioether (sulfide) groups is 1. The molecule has 0 aromatic rings. The van der Waals surface area contributed by atoms with Gasteiger partial charge < -0.3 is 5.11 Å². The van der Waals surface area contributed by atoms with Crippen molar-refractivity contribution in [2.24, 2.45) is 5.41 Å². The van der Waals surface area contributed by atoms with Gasteiger partial charge in [0.2, 0.25) is 0 Å². The lowest BCUT2D eigenvalue weighted by atomic mass is 9.82. The first-order valence-electron chi connectivity index (χ1n) is 5.54. The number of rotatable bonds is 5. The molecule has 0 aromatic heterocycles. The number of aliphatic hydroxyl groups is 1. The van der Waals surface area contributed by atoms with Gasteiger partial charge in [0.05, 0.1) is 6.10 Å². The molecule has 0 spiro atoms. The Hall–Kier alpha value is 0.310. The molecule has 0 radical (unpaired) electrons. The zero-order valence-electron chi connectivity index (χ0n) is 10.6. The molecule has 14 heavy (non-hydrogen) atoms. The third-order valence-electron chi connectivity index (χ3n) is 2.45. The zero-order valence-corrected chi connectivity index (χ0v) is 11.4. The Morgan fingerprint density at radius 2 is 1.64 bits per heavy atom. The van der Waals surface area contributed by atoms with Crippen molar-refractivity contribution in [2.45, 2.75) is 65.2 Å². The van der Waals surface area contributed by atoms with Crippen LogP contribution in [0.5, 0.6) is 0 Å². The van der Waals surface area contributed by atoms with E-state index in [9.17, 15) is 5.11 Å². The lowest BCUT2D eigenvalue weighted by Crippen LogP contribution is -2.42. The van der Waals surface area contributed by atoms with Crippen molar-refractivity contribution >= 4 is 11.8 Å². The highest BCUT2D eigenvalue weighted by molar-refractivity contribution is 8.00. The molecule has 0 amide bonds. The Kier molecular flexibility index (Phi) is 5.53. The molecule has 0 rings (SSSR count). The molecule has 0 bridgehead atoms. The van der Waals surface area contributed by atoms with Gasteiger partial charge in [-0.2, -0.15) is 11.8 Å². The SMILES string of the molecule is CCCCSC(C)(C)[C@H](O)C(C)(C)C. The first-order chi connectivity index (χ1) is 6.22. The van der Waals surface area contributed by atoms with Gasteiger partial charge in [-0.3, -0.25) is 0 Å². The van der Waals surface area contributed by atoms with E-state index in [1.807, 2.05) is 11.8 Å². The minimum Gasteiger partial charge on any atom is -0.391 e. The van der Waals surface area contributed by atoms with Crippen molar-refractivity contribution in [2.75, 3.05) is 5.75 Å². The first-order valence-corrected chi connectivity index (χ1v) is 6.52. The molecule has 0 fully saturated rings. The van der Waals surface area contributed by atoms with Gasteiger partial charge in [-0.25, -0.2) is 0 Å². The molecule has 1 nitrogen and oxygen atoms in total. The third-order valence-corrected chi connectivity index (χ3v) is 3.91. The average Bonchev–Trinajstić information content (AvgIpc) is 2.01. The van der Waals surface area contributed by atoms with E-state index in [2.05, 4.69) is 41.5 Å². The van der Waals surface area contributed by atoms with Gasteiger partial charge in [-0.15, -0.1) is 0 Å². The molecule has 0 aliphatic carbocycles. The first kappa shape index (κ1) is 14.3. The van der Waals surface area contributed by atoms with Gasteiger partial charge in [-0.05, 0) is 31.4 Å². The van der Waals surface area contributed by atoms with Crippen molar-refractivity contribution < 1.29 is 5.11 Å². The van der Waals surface area contributed by atoms with Crippen LogP contribution < -0.4 is 0 Å². The molecule has 0 aromatic carbocycles. The molecule has 1 atom stereocenters. The van der Waals surface area contributed by atoms with Crippen LogP contribution in [-0.2, 0) is 0 Å². The van der Waals surface area contributed by atoms with E-state index in [1.54, 1.807) is 0 Å². The standard InChI is InChI=1S/C12H26OS/c1-7-8-9-14-12(5,6)10(13)11(2,3)4/h10,13H,7-9H2,1-6H3/t10-/m1/s1. The fourth-order valence-corrected chi connectivity index (χ4v) is 3.07. The normalized spacial score (nSPS) is 15.6. The van der Waals surface area contributed by atoms with Crippen LogP contribution in [-0.4, -0.2) is 21.7 Å². The highest BCUT2D eigenvalue weighted by Crippen LogP contribution is 2.37. The molecular formula is C12H26OS. The van der Waals surface area contributed by atoms with E-state index < -0.39 is 0 Å². The predicted octanol–water partition coefficient (Wildman–Crippen LogP) is 3.71. The summed E-state index contributed by atoms with van der Waals surface area (Å²) in [5.74, 6) is 1.15. The van der Waals surface area contributed by atoms with E-state index in [4.69, 9.17) is 0 Å². The van der Waals surface area contributed by atoms with E-state index in [0.29, 0.717) is 0 Å². The number of hydrogen-bond donors (Lipinski definition) is 1. The van der Waals surface area contributed by atoms with Gasteiger partial charge in [0, 0.05) is 4.75 Å². The summed E-state index contributed by atoms with van der Waals surface area (Å²) in [5, 5.41) is 10.2. The van der Waals surface area contributed by atoms with Gasteiger partial charge in [0.1, 0.15) is 0 Å². The number of unbranched alkanes of at least 4 members (excludes halogenated alkanes) is 1. The van der Waals surface area contributed by atoms with Crippen LogP contribution in [0.1, 0.15) is 54.4 Å². The predicted molar refractivity (Wildman–Crippen MR) is 66.9 cm³/mol. The fraction of sp³-hybridized carbons (Fsp3) is 1.00. The van der Waals surface area contributed by atoms with Gasteiger partial charge in [0.25, 0.3) is 0 Å². The van der Waals surface area contributed by atoms with Crippen molar-refractivity contribution in [1.29, 1.82) is 0 Å². The molecule has 1 N–H and O–H groups in total. The maximum absolute atomic E-state index is 10.2. The summed E-state index contributed by atoms with van der Waals surface area (Å²) >= 11 is 1.89. The van der Waals surface area contributed by atoms with Gasteiger partial charge in [0.15, 0.2) is 0 Å². The number of hydrogen-bond acceptors (Lipinski definition) is 2. The van der Waals surface area contributed by atoms with Crippen LogP contribution in [0.2, 0.25) is 0 Å². The van der Waals surface area contributed by atoms with Crippen molar-refractivity contribution in [3.8, 4) is 0 Å². The zero-order chi connectivity index (χ0) is 11.4. The third kappa shape index (κ3) is 4.70.